The fraction of sp³-hybridized carbons (Fsp3) is 0.750. The van der Waals surface area contributed by atoms with Crippen molar-refractivity contribution in [3.05, 3.63) is 11.3 Å². The second kappa shape index (κ2) is 6.54. The van der Waals surface area contributed by atoms with Gasteiger partial charge in [-0.1, -0.05) is 13.8 Å². The Labute approximate surface area is 138 Å². The number of carbonyl (C=O) groups excluding carboxylic acids is 1. The van der Waals surface area contributed by atoms with Gasteiger partial charge in [-0.05, 0) is 52.1 Å². The highest BCUT2D eigenvalue weighted by Crippen LogP contribution is 2.32. The van der Waals surface area contributed by atoms with Crippen molar-refractivity contribution in [3.8, 4) is 0 Å². The smallest absolute Gasteiger partial charge is 0.306 e. The number of nitrogens with zero attached hydrogens (tertiary/aromatic N) is 4. The lowest BCUT2D eigenvalue weighted by Crippen LogP contribution is -2.63. The molecule has 1 aromatic rings. The summed E-state index contributed by atoms with van der Waals surface area (Å²) >= 11 is 1.45. The Morgan fingerprint density at radius 3 is 2.41 bits per heavy atom. The lowest BCUT2D eigenvalue weighted by Gasteiger charge is -2.47. The fourth-order valence-corrected chi connectivity index (χ4v) is 3.71. The van der Waals surface area contributed by atoms with Gasteiger partial charge in [-0.2, -0.15) is 4.37 Å². The van der Waals surface area contributed by atoms with Crippen LogP contribution in [-0.4, -0.2) is 45.6 Å². The van der Waals surface area contributed by atoms with E-state index in [1.807, 2.05) is 9.80 Å². The van der Waals surface area contributed by atoms with E-state index in [4.69, 9.17) is 0 Å². The van der Waals surface area contributed by atoms with Gasteiger partial charge in [-0.3, -0.25) is 9.80 Å². The summed E-state index contributed by atoms with van der Waals surface area (Å²) in [6.45, 7) is 15.0. The molecule has 0 atom stereocenters. The Kier molecular flexibility index (Phi) is 5.12. The minimum absolute atomic E-state index is 0.0919. The maximum absolute atomic E-state index is 13.0. The van der Waals surface area contributed by atoms with Crippen LogP contribution in [0.25, 0.3) is 0 Å². The van der Waals surface area contributed by atoms with E-state index in [-0.39, 0.29) is 11.6 Å². The van der Waals surface area contributed by atoms with Crippen LogP contribution < -0.4 is 4.90 Å². The zero-order chi connectivity index (χ0) is 16.5. The van der Waals surface area contributed by atoms with E-state index < -0.39 is 0 Å². The van der Waals surface area contributed by atoms with Crippen LogP contribution in [0.2, 0.25) is 0 Å². The highest BCUT2D eigenvalue weighted by atomic mass is 32.1. The molecule has 6 heteroatoms. The SMILES string of the molecule is CCCN1CN(c2snc(CC)c2C)C(=O)N(C(C)(C)C)C1. The number of amides is 2. The van der Waals surface area contributed by atoms with Crippen LogP contribution in [0, 0.1) is 6.92 Å². The van der Waals surface area contributed by atoms with Crippen molar-refractivity contribution in [2.45, 2.75) is 59.9 Å². The first-order chi connectivity index (χ1) is 10.3. The number of anilines is 1. The van der Waals surface area contributed by atoms with Gasteiger partial charge in [0.2, 0.25) is 0 Å². The molecule has 1 aliphatic rings. The van der Waals surface area contributed by atoms with E-state index in [1.165, 1.54) is 11.5 Å². The molecule has 0 saturated carbocycles. The summed E-state index contributed by atoms with van der Waals surface area (Å²) in [6, 6.07) is 0.0919. The summed E-state index contributed by atoms with van der Waals surface area (Å²) in [5.41, 5.74) is 2.06. The van der Waals surface area contributed by atoms with Crippen molar-refractivity contribution in [1.29, 1.82) is 0 Å². The average molecular weight is 324 g/mol. The van der Waals surface area contributed by atoms with Crippen LogP contribution in [0.1, 0.15) is 52.3 Å². The van der Waals surface area contributed by atoms with Crippen LogP contribution in [0.4, 0.5) is 9.80 Å². The maximum Gasteiger partial charge on any atom is 0.327 e. The first-order valence-corrected chi connectivity index (χ1v) is 8.83. The molecule has 2 rings (SSSR count). The van der Waals surface area contributed by atoms with E-state index in [2.05, 4.69) is 50.8 Å². The molecule has 0 bridgehead atoms. The second-order valence-corrected chi connectivity index (χ2v) is 7.65. The highest BCUT2D eigenvalue weighted by molar-refractivity contribution is 7.10. The molecule has 2 amide bonds. The molecule has 1 aromatic heterocycles. The molecule has 1 aliphatic heterocycles. The molecule has 1 saturated heterocycles. The van der Waals surface area contributed by atoms with Gasteiger partial charge in [-0.15, -0.1) is 0 Å². The van der Waals surface area contributed by atoms with Crippen LogP contribution in [0.3, 0.4) is 0 Å². The predicted molar refractivity (Wildman–Crippen MR) is 92.4 cm³/mol. The second-order valence-electron chi connectivity index (χ2n) is 6.90. The van der Waals surface area contributed by atoms with Gasteiger partial charge >= 0.3 is 6.03 Å². The topological polar surface area (TPSA) is 39.7 Å². The normalized spacial score (nSPS) is 17.5. The van der Waals surface area contributed by atoms with E-state index in [0.29, 0.717) is 13.3 Å². The molecule has 2 heterocycles. The largest absolute Gasteiger partial charge is 0.327 e. The van der Waals surface area contributed by atoms with E-state index in [0.717, 1.165) is 35.6 Å². The standard InChI is InChI=1S/C16H28N4OS/c1-7-9-18-10-19(14-12(3)13(8-2)17-22-14)15(21)20(11-18)16(4,5)6/h7-11H2,1-6H3. The maximum atomic E-state index is 13.0. The van der Waals surface area contributed by atoms with Gasteiger partial charge in [-0.25, -0.2) is 4.79 Å². The van der Waals surface area contributed by atoms with Crippen LogP contribution >= 0.6 is 11.5 Å². The molecular weight excluding hydrogens is 296 g/mol. The minimum atomic E-state index is -0.187. The van der Waals surface area contributed by atoms with Gasteiger partial charge in [0.15, 0.2) is 0 Å². The van der Waals surface area contributed by atoms with Crippen molar-refractivity contribution in [2.75, 3.05) is 24.8 Å². The van der Waals surface area contributed by atoms with E-state index in [9.17, 15) is 4.79 Å². The summed E-state index contributed by atoms with van der Waals surface area (Å²) in [4.78, 5) is 19.2. The number of hydrogen-bond donors (Lipinski definition) is 0. The number of aryl methyl sites for hydroxylation is 1. The third-order valence-electron chi connectivity index (χ3n) is 4.07. The monoisotopic (exact) mass is 324 g/mol. The molecule has 0 aliphatic carbocycles. The minimum Gasteiger partial charge on any atom is -0.306 e. The third kappa shape index (κ3) is 3.27. The Bertz CT molecular complexity index is 535. The first kappa shape index (κ1) is 17.2. The zero-order valence-corrected chi connectivity index (χ0v) is 15.5. The van der Waals surface area contributed by atoms with Gasteiger partial charge in [0.05, 0.1) is 19.0 Å². The molecule has 0 radical (unpaired) electrons. The zero-order valence-electron chi connectivity index (χ0n) is 14.6. The fourth-order valence-electron chi connectivity index (χ4n) is 2.76. The molecule has 0 N–H and O–H groups in total. The summed E-state index contributed by atoms with van der Waals surface area (Å²) in [7, 11) is 0. The molecule has 0 spiro atoms. The van der Waals surface area contributed by atoms with Crippen molar-refractivity contribution >= 4 is 22.6 Å². The number of carbonyl (C=O) groups is 1. The number of aromatic nitrogens is 1. The Balaban J connectivity index is 2.35. The summed E-state index contributed by atoms with van der Waals surface area (Å²) in [5.74, 6) is 0. The van der Waals surface area contributed by atoms with Crippen LogP contribution in [-0.2, 0) is 6.42 Å². The molecule has 0 aromatic carbocycles. The molecule has 22 heavy (non-hydrogen) atoms. The Morgan fingerprint density at radius 1 is 1.23 bits per heavy atom. The summed E-state index contributed by atoms with van der Waals surface area (Å²) in [6.07, 6.45) is 1.99. The van der Waals surface area contributed by atoms with Crippen LogP contribution in [0.5, 0.6) is 0 Å². The predicted octanol–water partition coefficient (Wildman–Crippen LogP) is 3.68. The van der Waals surface area contributed by atoms with Crippen molar-refractivity contribution < 1.29 is 4.79 Å². The van der Waals surface area contributed by atoms with Gasteiger partial charge < -0.3 is 4.90 Å². The summed E-state index contributed by atoms with van der Waals surface area (Å²) in [5, 5.41) is 0.997. The van der Waals surface area contributed by atoms with Crippen molar-refractivity contribution in [2.24, 2.45) is 0 Å². The molecule has 5 nitrogen and oxygen atoms in total. The number of rotatable bonds is 4. The Hall–Kier alpha value is -1.14. The molecule has 0 unspecified atom stereocenters. The summed E-state index contributed by atoms with van der Waals surface area (Å²) < 4.78 is 4.51. The van der Waals surface area contributed by atoms with E-state index in [1.54, 1.807) is 0 Å². The van der Waals surface area contributed by atoms with Gasteiger partial charge in [0, 0.05) is 17.6 Å². The lowest BCUT2D eigenvalue weighted by atomic mass is 10.1. The van der Waals surface area contributed by atoms with Crippen molar-refractivity contribution in [1.82, 2.24) is 14.2 Å². The van der Waals surface area contributed by atoms with Crippen molar-refractivity contribution in [3.63, 3.8) is 0 Å². The van der Waals surface area contributed by atoms with Crippen LogP contribution in [0.15, 0.2) is 0 Å². The third-order valence-corrected chi connectivity index (χ3v) is 5.08. The lowest BCUT2D eigenvalue weighted by molar-refractivity contribution is 0.0637. The first-order valence-electron chi connectivity index (χ1n) is 8.06. The van der Waals surface area contributed by atoms with Gasteiger partial charge in [0.25, 0.3) is 0 Å². The Morgan fingerprint density at radius 2 is 1.91 bits per heavy atom. The average Bonchev–Trinajstić information content (AvgIpc) is 2.80. The number of hydrogen-bond acceptors (Lipinski definition) is 4. The highest BCUT2D eigenvalue weighted by Gasteiger charge is 2.38. The molecule has 124 valence electrons. The number of urea groups is 1. The molecule has 1 fully saturated rings. The van der Waals surface area contributed by atoms with Gasteiger partial charge in [0.1, 0.15) is 5.00 Å². The van der Waals surface area contributed by atoms with E-state index >= 15 is 0 Å². The molecular formula is C16H28N4OS. The quantitative estimate of drug-likeness (QED) is 0.848.